The molecule has 108 valence electrons. The largest absolute Gasteiger partial charge is 0.380 e. The number of anilines is 1. The summed E-state index contributed by atoms with van der Waals surface area (Å²) in [5, 5.41) is 4.49. The van der Waals surface area contributed by atoms with Crippen LogP contribution < -0.4 is 16.6 Å². The highest BCUT2D eigenvalue weighted by atomic mass is 16.1. The summed E-state index contributed by atoms with van der Waals surface area (Å²) in [6, 6.07) is 9.76. The maximum Gasteiger partial charge on any atom is 0.252 e. The zero-order chi connectivity index (χ0) is 14.7. The molecule has 2 aromatic rings. The number of pyridine rings is 1. The van der Waals surface area contributed by atoms with E-state index in [0.717, 1.165) is 23.0 Å². The predicted octanol–water partition coefficient (Wildman–Crippen LogP) is 2.32. The van der Waals surface area contributed by atoms with E-state index in [0.29, 0.717) is 12.5 Å². The lowest BCUT2D eigenvalue weighted by Gasteiger charge is -2.21. The number of para-hydroxylation sites is 1. The predicted molar refractivity (Wildman–Crippen MR) is 85.1 cm³/mol. The average Bonchev–Trinajstić information content (AvgIpc) is 2.43. The highest BCUT2D eigenvalue weighted by Gasteiger charge is 2.12. The van der Waals surface area contributed by atoms with Crippen molar-refractivity contribution < 1.29 is 0 Å². The number of aryl methyl sites for hydroxylation is 1. The molecule has 1 unspecified atom stereocenters. The summed E-state index contributed by atoms with van der Waals surface area (Å²) in [7, 11) is 1.79. The summed E-state index contributed by atoms with van der Waals surface area (Å²) >= 11 is 0. The molecular formula is C16H23N3O. The Kier molecular flexibility index (Phi) is 4.45. The Morgan fingerprint density at radius 2 is 2.00 bits per heavy atom. The fourth-order valence-electron chi connectivity index (χ4n) is 2.53. The lowest BCUT2D eigenvalue weighted by molar-refractivity contribution is 0.522. The van der Waals surface area contributed by atoms with Gasteiger partial charge < -0.3 is 15.6 Å². The first-order valence-corrected chi connectivity index (χ1v) is 7.08. The van der Waals surface area contributed by atoms with Gasteiger partial charge in [-0.3, -0.25) is 4.79 Å². The number of nitrogens with zero attached hydrogens (tertiary/aromatic N) is 1. The van der Waals surface area contributed by atoms with Crippen LogP contribution in [0.3, 0.4) is 0 Å². The molecule has 3 N–H and O–H groups in total. The quantitative estimate of drug-likeness (QED) is 0.879. The summed E-state index contributed by atoms with van der Waals surface area (Å²) in [5.41, 5.74) is 7.64. The van der Waals surface area contributed by atoms with Crippen molar-refractivity contribution in [3.05, 3.63) is 40.7 Å². The van der Waals surface area contributed by atoms with Crippen LogP contribution in [0, 0.1) is 5.92 Å². The number of hydrogen-bond acceptors (Lipinski definition) is 3. The van der Waals surface area contributed by atoms with Crippen LogP contribution >= 0.6 is 0 Å². The summed E-state index contributed by atoms with van der Waals surface area (Å²) in [6.45, 7) is 4.90. The van der Waals surface area contributed by atoms with Gasteiger partial charge in [0.1, 0.15) is 0 Å². The van der Waals surface area contributed by atoms with Gasteiger partial charge in [-0.1, -0.05) is 32.0 Å². The molecule has 0 radical (unpaired) electrons. The van der Waals surface area contributed by atoms with Crippen LogP contribution in [0.25, 0.3) is 10.9 Å². The zero-order valence-corrected chi connectivity index (χ0v) is 12.4. The number of fused-ring (bicyclic) bond motifs is 1. The number of nitrogens with one attached hydrogen (secondary N) is 1. The first-order valence-electron chi connectivity index (χ1n) is 7.08. The van der Waals surface area contributed by atoms with E-state index in [1.807, 2.05) is 24.3 Å². The van der Waals surface area contributed by atoms with E-state index >= 15 is 0 Å². The molecule has 1 aromatic heterocycles. The minimum absolute atomic E-state index is 0.00785. The number of benzene rings is 1. The lowest BCUT2D eigenvalue weighted by Crippen LogP contribution is -2.31. The van der Waals surface area contributed by atoms with E-state index in [1.54, 1.807) is 17.7 Å². The van der Waals surface area contributed by atoms with Crippen molar-refractivity contribution in [3.63, 3.8) is 0 Å². The minimum atomic E-state index is -0.00785. The Balaban J connectivity index is 2.44. The van der Waals surface area contributed by atoms with Gasteiger partial charge in [-0.05, 0) is 18.4 Å². The van der Waals surface area contributed by atoms with Gasteiger partial charge in [0, 0.05) is 36.8 Å². The second-order valence-electron chi connectivity index (χ2n) is 5.68. The number of rotatable bonds is 5. The Hall–Kier alpha value is -1.81. The van der Waals surface area contributed by atoms with E-state index in [2.05, 4.69) is 19.2 Å². The fourth-order valence-corrected chi connectivity index (χ4v) is 2.53. The topological polar surface area (TPSA) is 60.0 Å². The van der Waals surface area contributed by atoms with Crippen molar-refractivity contribution in [1.29, 1.82) is 0 Å². The van der Waals surface area contributed by atoms with E-state index in [4.69, 9.17) is 5.73 Å². The summed E-state index contributed by atoms with van der Waals surface area (Å²) in [4.78, 5) is 12.0. The summed E-state index contributed by atoms with van der Waals surface area (Å²) in [5.74, 6) is 0.564. The molecular weight excluding hydrogens is 250 g/mol. The molecule has 1 aromatic carbocycles. The lowest BCUT2D eigenvalue weighted by atomic mass is 10.0. The second-order valence-corrected chi connectivity index (χ2v) is 5.68. The van der Waals surface area contributed by atoms with Crippen LogP contribution in [0.4, 0.5) is 5.69 Å². The normalized spacial score (nSPS) is 12.8. The number of aromatic nitrogens is 1. The minimum Gasteiger partial charge on any atom is -0.380 e. The molecule has 1 heterocycles. The van der Waals surface area contributed by atoms with Gasteiger partial charge in [-0.15, -0.1) is 0 Å². The molecule has 20 heavy (non-hydrogen) atoms. The van der Waals surface area contributed by atoms with E-state index in [1.165, 1.54) is 0 Å². The standard InChI is InChI=1S/C16H23N3O/c1-11(2)8-12(10-17)18-14-9-16(20)19(3)15-7-5-4-6-13(14)15/h4-7,9,11-12,18H,8,10,17H2,1-3H3. The average molecular weight is 273 g/mol. The SMILES string of the molecule is CC(C)CC(CN)Nc1cc(=O)n(C)c2ccccc12. The van der Waals surface area contributed by atoms with Crippen LogP contribution in [0.2, 0.25) is 0 Å². The molecule has 0 aliphatic heterocycles. The Morgan fingerprint density at radius 3 is 2.65 bits per heavy atom. The van der Waals surface area contributed by atoms with Gasteiger partial charge in [0.05, 0.1) is 5.52 Å². The summed E-state index contributed by atoms with van der Waals surface area (Å²) < 4.78 is 1.67. The second kappa shape index (κ2) is 6.09. The Morgan fingerprint density at radius 1 is 1.30 bits per heavy atom. The first kappa shape index (κ1) is 14.6. The van der Waals surface area contributed by atoms with Crippen LogP contribution in [0.15, 0.2) is 35.1 Å². The van der Waals surface area contributed by atoms with Crippen molar-refractivity contribution in [1.82, 2.24) is 4.57 Å². The molecule has 0 aliphatic rings. The molecule has 0 aliphatic carbocycles. The third-order valence-electron chi connectivity index (χ3n) is 3.55. The molecule has 0 saturated heterocycles. The van der Waals surface area contributed by atoms with E-state index in [9.17, 15) is 4.79 Å². The number of hydrogen-bond donors (Lipinski definition) is 2. The van der Waals surface area contributed by atoms with Crippen molar-refractivity contribution in [2.75, 3.05) is 11.9 Å². The third kappa shape index (κ3) is 3.02. The molecule has 4 nitrogen and oxygen atoms in total. The summed E-state index contributed by atoms with van der Waals surface area (Å²) in [6.07, 6.45) is 0.986. The molecule has 1 atom stereocenters. The Bertz CT molecular complexity index is 646. The van der Waals surface area contributed by atoms with Gasteiger partial charge in [-0.25, -0.2) is 0 Å². The molecule has 0 bridgehead atoms. The van der Waals surface area contributed by atoms with E-state index < -0.39 is 0 Å². The molecule has 4 heteroatoms. The van der Waals surface area contributed by atoms with Crippen molar-refractivity contribution in [3.8, 4) is 0 Å². The third-order valence-corrected chi connectivity index (χ3v) is 3.55. The maximum absolute atomic E-state index is 12.0. The number of nitrogens with two attached hydrogens (primary N) is 1. The van der Waals surface area contributed by atoms with Crippen molar-refractivity contribution in [2.45, 2.75) is 26.3 Å². The highest BCUT2D eigenvalue weighted by Crippen LogP contribution is 2.22. The zero-order valence-electron chi connectivity index (χ0n) is 12.4. The van der Waals surface area contributed by atoms with Crippen molar-refractivity contribution in [2.24, 2.45) is 18.7 Å². The monoisotopic (exact) mass is 273 g/mol. The Labute approximate surface area is 119 Å². The van der Waals surface area contributed by atoms with E-state index in [-0.39, 0.29) is 11.6 Å². The highest BCUT2D eigenvalue weighted by molar-refractivity contribution is 5.91. The van der Waals surface area contributed by atoms with Gasteiger partial charge in [0.15, 0.2) is 0 Å². The van der Waals surface area contributed by atoms with Crippen LogP contribution in [-0.4, -0.2) is 17.2 Å². The van der Waals surface area contributed by atoms with Crippen LogP contribution in [0.5, 0.6) is 0 Å². The maximum atomic E-state index is 12.0. The molecule has 2 rings (SSSR count). The van der Waals surface area contributed by atoms with Crippen LogP contribution in [0.1, 0.15) is 20.3 Å². The molecule has 0 amide bonds. The first-order chi connectivity index (χ1) is 9.52. The van der Waals surface area contributed by atoms with Gasteiger partial charge in [0.25, 0.3) is 5.56 Å². The molecule has 0 spiro atoms. The van der Waals surface area contributed by atoms with Gasteiger partial charge in [0.2, 0.25) is 0 Å². The van der Waals surface area contributed by atoms with Gasteiger partial charge >= 0.3 is 0 Å². The molecule has 0 fully saturated rings. The van der Waals surface area contributed by atoms with Crippen molar-refractivity contribution >= 4 is 16.6 Å². The molecule has 0 saturated carbocycles. The fraction of sp³-hybridized carbons (Fsp3) is 0.438. The van der Waals surface area contributed by atoms with Crippen LogP contribution in [-0.2, 0) is 7.05 Å². The smallest absolute Gasteiger partial charge is 0.252 e. The van der Waals surface area contributed by atoms with Gasteiger partial charge in [-0.2, -0.15) is 0 Å².